The third kappa shape index (κ3) is 3.08. The molecule has 0 aliphatic heterocycles. The van der Waals surface area contributed by atoms with E-state index in [1.807, 2.05) is 24.4 Å². The number of para-hydroxylation sites is 1. The fourth-order valence-electron chi connectivity index (χ4n) is 2.19. The van der Waals surface area contributed by atoms with Crippen molar-refractivity contribution in [1.29, 1.82) is 0 Å². The molecule has 96 valence electrons. The van der Waals surface area contributed by atoms with Crippen molar-refractivity contribution in [2.75, 3.05) is 0 Å². The molecule has 1 atom stereocenters. The Kier molecular flexibility index (Phi) is 3.67. The minimum Gasteiger partial charge on any atom is -0.324 e. The fourth-order valence-corrected chi connectivity index (χ4v) is 2.19. The molecule has 0 radical (unpaired) electrons. The highest BCUT2D eigenvalue weighted by atomic mass is 14.7. The van der Waals surface area contributed by atoms with Crippen LogP contribution in [0.25, 0.3) is 10.9 Å². The van der Waals surface area contributed by atoms with Crippen molar-refractivity contribution in [3.05, 3.63) is 42.1 Å². The van der Waals surface area contributed by atoms with Crippen molar-refractivity contribution in [2.45, 2.75) is 39.7 Å². The summed E-state index contributed by atoms with van der Waals surface area (Å²) in [6.07, 6.45) is 4.00. The molecule has 0 bridgehead atoms. The number of fused-ring (bicyclic) bond motifs is 1. The first-order chi connectivity index (χ1) is 8.47. The molecule has 0 aliphatic carbocycles. The molecule has 0 fully saturated rings. The van der Waals surface area contributed by atoms with Crippen LogP contribution in [0.4, 0.5) is 0 Å². The minimum atomic E-state index is 0.0946. The number of rotatable bonds is 3. The van der Waals surface area contributed by atoms with E-state index in [1.54, 1.807) is 0 Å². The Morgan fingerprint density at radius 2 is 1.89 bits per heavy atom. The molecule has 0 saturated carbocycles. The van der Waals surface area contributed by atoms with Crippen LogP contribution in [0.3, 0.4) is 0 Å². The zero-order valence-electron chi connectivity index (χ0n) is 11.5. The highest BCUT2D eigenvalue weighted by Crippen LogP contribution is 2.28. The second-order valence-corrected chi connectivity index (χ2v) is 6.12. The van der Waals surface area contributed by atoms with Crippen molar-refractivity contribution in [3.8, 4) is 0 Å². The summed E-state index contributed by atoms with van der Waals surface area (Å²) in [6.45, 7) is 6.76. The monoisotopic (exact) mass is 242 g/mol. The quantitative estimate of drug-likeness (QED) is 0.881. The fraction of sp³-hybridized carbons (Fsp3) is 0.438. The number of nitrogens with two attached hydrogens (primary N) is 1. The molecule has 18 heavy (non-hydrogen) atoms. The number of hydrogen-bond donors (Lipinski definition) is 1. The van der Waals surface area contributed by atoms with Gasteiger partial charge in [0.25, 0.3) is 0 Å². The molecule has 2 N–H and O–H groups in total. The summed E-state index contributed by atoms with van der Waals surface area (Å²) >= 11 is 0. The predicted octanol–water partition coefficient (Wildman–Crippen LogP) is 4.06. The zero-order chi connectivity index (χ0) is 13.2. The van der Waals surface area contributed by atoms with Crippen molar-refractivity contribution < 1.29 is 0 Å². The van der Waals surface area contributed by atoms with Gasteiger partial charge in [-0.25, -0.2) is 0 Å². The first kappa shape index (κ1) is 13.0. The Hall–Kier alpha value is -1.41. The van der Waals surface area contributed by atoms with Crippen LogP contribution in [0.5, 0.6) is 0 Å². The van der Waals surface area contributed by atoms with Gasteiger partial charge >= 0.3 is 0 Å². The van der Waals surface area contributed by atoms with Crippen LogP contribution in [-0.4, -0.2) is 4.98 Å². The number of nitrogens with zero attached hydrogens (tertiary/aromatic N) is 1. The molecule has 1 aromatic carbocycles. The summed E-state index contributed by atoms with van der Waals surface area (Å²) in [5, 5.41) is 1.18. The second kappa shape index (κ2) is 5.07. The first-order valence-electron chi connectivity index (χ1n) is 6.56. The van der Waals surface area contributed by atoms with Crippen LogP contribution in [0, 0.1) is 5.41 Å². The van der Waals surface area contributed by atoms with Crippen molar-refractivity contribution in [2.24, 2.45) is 11.1 Å². The second-order valence-electron chi connectivity index (χ2n) is 6.12. The molecule has 2 heteroatoms. The summed E-state index contributed by atoms with van der Waals surface area (Å²) in [5.41, 5.74) is 8.92. The van der Waals surface area contributed by atoms with Crippen molar-refractivity contribution >= 4 is 10.9 Å². The van der Waals surface area contributed by atoms with E-state index >= 15 is 0 Å². The molecule has 0 saturated heterocycles. The van der Waals surface area contributed by atoms with E-state index in [0.29, 0.717) is 5.41 Å². The maximum absolute atomic E-state index is 6.34. The lowest BCUT2D eigenvalue weighted by Gasteiger charge is -2.21. The molecular formula is C16H22N2. The lowest BCUT2D eigenvalue weighted by atomic mass is 9.87. The average molecular weight is 242 g/mol. The number of benzene rings is 1. The molecule has 0 amide bonds. The van der Waals surface area contributed by atoms with E-state index < -0.39 is 0 Å². The van der Waals surface area contributed by atoms with E-state index in [4.69, 9.17) is 5.73 Å². The normalized spacial score (nSPS) is 13.8. The first-order valence-corrected chi connectivity index (χ1v) is 6.56. The molecular weight excluding hydrogens is 220 g/mol. The summed E-state index contributed by atoms with van der Waals surface area (Å²) < 4.78 is 0. The molecule has 1 heterocycles. The molecule has 1 aromatic heterocycles. The highest BCUT2D eigenvalue weighted by molar-refractivity contribution is 5.82. The van der Waals surface area contributed by atoms with Gasteiger partial charge in [-0.3, -0.25) is 4.98 Å². The predicted molar refractivity (Wildman–Crippen MR) is 77.4 cm³/mol. The van der Waals surface area contributed by atoms with Gasteiger partial charge in [0.05, 0.1) is 5.52 Å². The van der Waals surface area contributed by atoms with Gasteiger partial charge in [0, 0.05) is 17.6 Å². The maximum atomic E-state index is 6.34. The van der Waals surface area contributed by atoms with Gasteiger partial charge in [0.2, 0.25) is 0 Å². The molecule has 1 unspecified atom stereocenters. The Bertz CT molecular complexity index is 521. The Labute approximate surface area is 109 Å². The van der Waals surface area contributed by atoms with Crippen LogP contribution in [0.1, 0.15) is 45.2 Å². The number of pyridine rings is 1. The Balaban J connectivity index is 2.25. The molecule has 0 aliphatic rings. The lowest BCUT2D eigenvalue weighted by molar-refractivity contribution is 0.350. The van der Waals surface area contributed by atoms with E-state index in [-0.39, 0.29) is 6.04 Å². The van der Waals surface area contributed by atoms with Gasteiger partial charge in [0.15, 0.2) is 0 Å². The van der Waals surface area contributed by atoms with Crippen LogP contribution in [0.15, 0.2) is 36.5 Å². The Morgan fingerprint density at radius 3 is 2.61 bits per heavy atom. The summed E-state index contributed by atoms with van der Waals surface area (Å²) in [6, 6.07) is 10.3. The van der Waals surface area contributed by atoms with Crippen molar-refractivity contribution in [3.63, 3.8) is 0 Å². The molecule has 2 rings (SSSR count). The third-order valence-electron chi connectivity index (χ3n) is 3.29. The largest absolute Gasteiger partial charge is 0.324 e. The molecule has 2 aromatic rings. The third-order valence-corrected chi connectivity index (χ3v) is 3.29. The number of hydrogen-bond acceptors (Lipinski definition) is 2. The lowest BCUT2D eigenvalue weighted by Crippen LogP contribution is -2.15. The zero-order valence-corrected chi connectivity index (χ0v) is 11.5. The SMILES string of the molecule is CC(C)(C)CCC(N)c1ccnc2ccccc12. The average Bonchev–Trinajstić information content (AvgIpc) is 2.34. The Morgan fingerprint density at radius 1 is 1.17 bits per heavy atom. The van der Waals surface area contributed by atoms with Gasteiger partial charge in [-0.2, -0.15) is 0 Å². The van der Waals surface area contributed by atoms with Gasteiger partial charge in [-0.1, -0.05) is 39.0 Å². The van der Waals surface area contributed by atoms with E-state index in [1.165, 1.54) is 10.9 Å². The standard InChI is InChI=1S/C16H22N2/c1-16(2,3)10-8-14(17)12-9-11-18-15-7-5-4-6-13(12)15/h4-7,9,11,14H,8,10,17H2,1-3H3. The summed E-state index contributed by atoms with van der Waals surface area (Å²) in [4.78, 5) is 4.38. The minimum absolute atomic E-state index is 0.0946. The maximum Gasteiger partial charge on any atom is 0.0705 e. The van der Waals surface area contributed by atoms with E-state index in [9.17, 15) is 0 Å². The van der Waals surface area contributed by atoms with E-state index in [0.717, 1.165) is 18.4 Å². The summed E-state index contributed by atoms with van der Waals surface area (Å²) in [7, 11) is 0. The van der Waals surface area contributed by atoms with Crippen molar-refractivity contribution in [1.82, 2.24) is 4.98 Å². The topological polar surface area (TPSA) is 38.9 Å². The van der Waals surface area contributed by atoms with Crippen LogP contribution in [-0.2, 0) is 0 Å². The molecule has 0 spiro atoms. The van der Waals surface area contributed by atoms with Crippen LogP contribution >= 0.6 is 0 Å². The van der Waals surface area contributed by atoms with Gasteiger partial charge in [-0.05, 0) is 36.0 Å². The smallest absolute Gasteiger partial charge is 0.0705 e. The van der Waals surface area contributed by atoms with Gasteiger partial charge in [0.1, 0.15) is 0 Å². The highest BCUT2D eigenvalue weighted by Gasteiger charge is 2.15. The molecule has 2 nitrogen and oxygen atoms in total. The van der Waals surface area contributed by atoms with Gasteiger partial charge in [-0.15, -0.1) is 0 Å². The van der Waals surface area contributed by atoms with Crippen LogP contribution in [0.2, 0.25) is 0 Å². The summed E-state index contributed by atoms with van der Waals surface area (Å²) in [5.74, 6) is 0. The van der Waals surface area contributed by atoms with Gasteiger partial charge < -0.3 is 5.73 Å². The van der Waals surface area contributed by atoms with Crippen LogP contribution < -0.4 is 5.73 Å². The van der Waals surface area contributed by atoms with E-state index in [2.05, 4.69) is 37.9 Å². The number of aromatic nitrogens is 1.